The second kappa shape index (κ2) is 10.6. The molecule has 0 fully saturated rings. The van der Waals surface area contributed by atoms with E-state index < -0.39 is 17.6 Å². The van der Waals surface area contributed by atoms with E-state index in [1.54, 1.807) is 23.1 Å². The van der Waals surface area contributed by atoms with Crippen LogP contribution in [0.3, 0.4) is 0 Å². The predicted octanol–water partition coefficient (Wildman–Crippen LogP) is 7.78. The van der Waals surface area contributed by atoms with Gasteiger partial charge in [0.25, 0.3) is 0 Å². The van der Waals surface area contributed by atoms with E-state index in [4.69, 9.17) is 9.47 Å². The lowest BCUT2D eigenvalue weighted by atomic mass is 9.90. The summed E-state index contributed by atoms with van der Waals surface area (Å²) in [7, 11) is 1.20. The summed E-state index contributed by atoms with van der Waals surface area (Å²) in [5, 5.41) is 2.52. The zero-order chi connectivity index (χ0) is 25.9. The minimum atomic E-state index is -0.777. The molecule has 0 bridgehead atoms. The van der Waals surface area contributed by atoms with Crippen LogP contribution in [0.25, 0.3) is 10.8 Å². The molecular weight excluding hydrogens is 472 g/mol. The number of esters is 1. The number of rotatable bonds is 7. The molecule has 4 aromatic rings. The Hall–Kier alpha value is -3.93. The number of para-hydroxylation sites is 1. The normalized spacial score (nSPS) is 15.7. The molecule has 1 unspecified atom stereocenters. The third-order valence-corrected chi connectivity index (χ3v) is 7.08. The Balaban J connectivity index is 1.35. The van der Waals surface area contributed by atoms with Gasteiger partial charge in [-0.1, -0.05) is 55.5 Å². The summed E-state index contributed by atoms with van der Waals surface area (Å²) >= 11 is 0. The van der Waals surface area contributed by atoms with Crippen molar-refractivity contribution in [3.63, 3.8) is 0 Å². The Bertz CT molecular complexity index is 1430. The highest BCUT2D eigenvalue weighted by Gasteiger charge is 2.30. The fourth-order valence-corrected chi connectivity index (χ4v) is 5.18. The van der Waals surface area contributed by atoms with Crippen molar-refractivity contribution in [3.8, 4) is 5.75 Å². The van der Waals surface area contributed by atoms with Gasteiger partial charge in [-0.2, -0.15) is 0 Å². The number of methoxy groups -OCH3 is 1. The average Bonchev–Trinajstić information content (AvgIpc) is 2.92. The SMILES string of the molecule is COC(=O)c1cc(N2CC(CCC[C@H](C)c3cccc4ccccc34)Oc3cccc(F)c32)ccc1F. The lowest BCUT2D eigenvalue weighted by Crippen LogP contribution is -2.38. The molecule has 0 saturated carbocycles. The van der Waals surface area contributed by atoms with Crippen molar-refractivity contribution in [2.24, 2.45) is 0 Å². The molecule has 0 radical (unpaired) electrons. The minimum Gasteiger partial charge on any atom is -0.486 e. The number of carbonyl (C=O) groups excluding carboxylic acids is 1. The number of hydrogen-bond acceptors (Lipinski definition) is 4. The Labute approximate surface area is 215 Å². The molecule has 2 atom stereocenters. The van der Waals surface area contributed by atoms with Crippen molar-refractivity contribution in [3.05, 3.63) is 102 Å². The van der Waals surface area contributed by atoms with Crippen LogP contribution in [0.1, 0.15) is 48.0 Å². The lowest BCUT2D eigenvalue weighted by molar-refractivity contribution is 0.0595. The number of carbonyl (C=O) groups is 1. The Kier molecular flexibility index (Phi) is 7.08. The van der Waals surface area contributed by atoms with Crippen LogP contribution in [-0.2, 0) is 4.74 Å². The van der Waals surface area contributed by atoms with Gasteiger partial charge in [0.05, 0.1) is 19.2 Å². The monoisotopic (exact) mass is 501 g/mol. The summed E-state index contributed by atoms with van der Waals surface area (Å²) in [5.74, 6) is -1.10. The van der Waals surface area contributed by atoms with Gasteiger partial charge in [0.2, 0.25) is 0 Å². The van der Waals surface area contributed by atoms with E-state index in [-0.39, 0.29) is 17.4 Å². The molecule has 1 aliphatic heterocycles. The first-order valence-corrected chi connectivity index (χ1v) is 12.5. The molecule has 0 aliphatic carbocycles. The molecule has 0 saturated heterocycles. The number of nitrogens with zero attached hydrogens (tertiary/aromatic N) is 1. The van der Waals surface area contributed by atoms with Crippen molar-refractivity contribution in [2.45, 2.75) is 38.2 Å². The average molecular weight is 502 g/mol. The fourth-order valence-electron chi connectivity index (χ4n) is 5.18. The first-order chi connectivity index (χ1) is 18.0. The van der Waals surface area contributed by atoms with Crippen LogP contribution in [-0.4, -0.2) is 25.7 Å². The summed E-state index contributed by atoms with van der Waals surface area (Å²) < 4.78 is 40.1. The first kappa shape index (κ1) is 24.8. The predicted molar refractivity (Wildman–Crippen MR) is 142 cm³/mol. The van der Waals surface area contributed by atoms with Crippen molar-refractivity contribution in [1.29, 1.82) is 0 Å². The van der Waals surface area contributed by atoms with Crippen molar-refractivity contribution in [1.82, 2.24) is 0 Å². The van der Waals surface area contributed by atoms with Gasteiger partial charge in [0, 0.05) is 5.69 Å². The molecule has 0 amide bonds. The number of anilines is 2. The molecule has 4 aromatic carbocycles. The van der Waals surface area contributed by atoms with Gasteiger partial charge >= 0.3 is 5.97 Å². The number of hydrogen-bond donors (Lipinski definition) is 0. The third kappa shape index (κ3) is 5.01. The number of benzene rings is 4. The standard InChI is InChI=1S/C31H29F2NO3/c1-20(24-13-6-10-21-9-3-4-12-25(21)24)8-5-11-23-19-34(30-28(33)14-7-15-29(30)37-23)22-16-17-27(32)26(18-22)31(35)36-2/h3-4,6-7,9-10,12-18,20,23H,5,8,11,19H2,1-2H3/t20-,23?/m0/s1. The smallest absolute Gasteiger partial charge is 0.340 e. The van der Waals surface area contributed by atoms with E-state index >= 15 is 0 Å². The summed E-state index contributed by atoms with van der Waals surface area (Å²) in [5.41, 5.74) is 1.93. The van der Waals surface area contributed by atoms with Gasteiger partial charge < -0.3 is 14.4 Å². The molecular formula is C31H29F2NO3. The first-order valence-electron chi connectivity index (χ1n) is 12.5. The summed E-state index contributed by atoms with van der Waals surface area (Å²) in [6.45, 7) is 2.62. The highest BCUT2D eigenvalue weighted by atomic mass is 19.1. The zero-order valence-electron chi connectivity index (χ0n) is 20.9. The highest BCUT2D eigenvalue weighted by molar-refractivity contribution is 5.91. The van der Waals surface area contributed by atoms with Crippen molar-refractivity contribution < 1.29 is 23.0 Å². The lowest BCUT2D eigenvalue weighted by Gasteiger charge is -2.37. The van der Waals surface area contributed by atoms with Crippen LogP contribution < -0.4 is 9.64 Å². The van der Waals surface area contributed by atoms with Gasteiger partial charge in [-0.15, -0.1) is 0 Å². The molecule has 1 heterocycles. The molecule has 4 nitrogen and oxygen atoms in total. The zero-order valence-corrected chi connectivity index (χ0v) is 20.9. The Morgan fingerprint density at radius 3 is 2.65 bits per heavy atom. The molecule has 0 N–H and O–H groups in total. The van der Waals surface area contributed by atoms with E-state index in [2.05, 4.69) is 49.4 Å². The number of halogens is 2. The summed E-state index contributed by atoms with van der Waals surface area (Å²) in [6.07, 6.45) is 2.48. The maximum absolute atomic E-state index is 14.9. The maximum Gasteiger partial charge on any atom is 0.340 e. The largest absolute Gasteiger partial charge is 0.486 e. The van der Waals surface area contributed by atoms with Gasteiger partial charge in [0.15, 0.2) is 5.82 Å². The third-order valence-electron chi connectivity index (χ3n) is 7.08. The van der Waals surface area contributed by atoms with Gasteiger partial charge in [-0.25, -0.2) is 13.6 Å². The van der Waals surface area contributed by atoms with E-state index in [9.17, 15) is 13.6 Å². The summed E-state index contributed by atoms with van der Waals surface area (Å²) in [6, 6.07) is 23.7. The topological polar surface area (TPSA) is 38.8 Å². The Morgan fingerprint density at radius 1 is 1.03 bits per heavy atom. The number of ether oxygens (including phenoxy) is 2. The van der Waals surface area contributed by atoms with Crippen LogP contribution in [0.5, 0.6) is 5.75 Å². The maximum atomic E-state index is 14.9. The van der Waals surface area contributed by atoms with E-state index in [0.29, 0.717) is 23.9 Å². The van der Waals surface area contributed by atoms with E-state index in [1.807, 2.05) is 0 Å². The number of fused-ring (bicyclic) bond motifs is 2. The van der Waals surface area contributed by atoms with E-state index in [0.717, 1.165) is 19.3 Å². The highest BCUT2D eigenvalue weighted by Crippen LogP contribution is 2.41. The van der Waals surface area contributed by atoms with Crippen LogP contribution in [0.2, 0.25) is 0 Å². The molecule has 0 spiro atoms. The fraction of sp³-hybridized carbons (Fsp3) is 0.258. The van der Waals surface area contributed by atoms with E-state index in [1.165, 1.54) is 41.6 Å². The van der Waals surface area contributed by atoms with Crippen molar-refractivity contribution in [2.75, 3.05) is 18.6 Å². The van der Waals surface area contributed by atoms with Crippen LogP contribution in [0, 0.1) is 11.6 Å². The van der Waals surface area contributed by atoms with Crippen LogP contribution in [0.15, 0.2) is 78.9 Å². The molecule has 190 valence electrons. The van der Waals surface area contributed by atoms with Gasteiger partial charge in [-0.05, 0) is 71.8 Å². The van der Waals surface area contributed by atoms with Crippen molar-refractivity contribution >= 4 is 28.1 Å². The second-order valence-electron chi connectivity index (χ2n) is 9.49. The quantitative estimate of drug-likeness (QED) is 0.242. The summed E-state index contributed by atoms with van der Waals surface area (Å²) in [4.78, 5) is 13.8. The van der Waals surface area contributed by atoms with Crippen LogP contribution in [0.4, 0.5) is 20.2 Å². The molecule has 5 rings (SSSR count). The Morgan fingerprint density at radius 2 is 1.81 bits per heavy atom. The molecule has 6 heteroatoms. The van der Waals surface area contributed by atoms with Gasteiger partial charge in [0.1, 0.15) is 23.4 Å². The molecule has 1 aliphatic rings. The van der Waals surface area contributed by atoms with Gasteiger partial charge in [-0.3, -0.25) is 0 Å². The minimum absolute atomic E-state index is 0.190. The second-order valence-corrected chi connectivity index (χ2v) is 9.49. The molecule has 0 aromatic heterocycles. The molecule has 37 heavy (non-hydrogen) atoms. The van der Waals surface area contributed by atoms with Crippen LogP contribution >= 0.6 is 0 Å².